The maximum atomic E-state index is 12.3. The highest BCUT2D eigenvalue weighted by atomic mass is 16.5. The molecule has 0 spiro atoms. The van der Waals surface area contributed by atoms with Gasteiger partial charge in [-0.05, 0) is 24.6 Å². The Morgan fingerprint density at radius 1 is 0.968 bits per heavy atom. The van der Waals surface area contributed by atoms with Crippen molar-refractivity contribution in [3.63, 3.8) is 0 Å². The average Bonchev–Trinajstić information content (AvgIpc) is 2.81. The van der Waals surface area contributed by atoms with Crippen molar-refractivity contribution < 1.29 is 9.53 Å². The summed E-state index contributed by atoms with van der Waals surface area (Å²) in [5.74, 6) is 0.449. The predicted molar refractivity (Wildman–Crippen MR) is 119 cm³/mol. The molecule has 0 saturated carbocycles. The third kappa shape index (κ3) is 5.14. The zero-order chi connectivity index (χ0) is 21.5. The summed E-state index contributed by atoms with van der Waals surface area (Å²) < 4.78 is 7.00. The molecule has 7 heteroatoms. The molecule has 0 radical (unpaired) electrons. The monoisotopic (exact) mass is 414 g/mol. The SMILES string of the molecule is O=C(Cn1nc(-c2ccccc2)ccc1=O)NCCCOc1cccc2cccnc12. The normalized spacial score (nSPS) is 10.7. The Balaban J connectivity index is 1.27. The van der Waals surface area contributed by atoms with Crippen molar-refractivity contribution >= 4 is 16.8 Å². The van der Waals surface area contributed by atoms with E-state index in [0.29, 0.717) is 25.3 Å². The molecule has 0 aliphatic rings. The number of carbonyl (C=O) groups excluding carboxylic acids is 1. The molecule has 0 aliphatic heterocycles. The molecule has 0 aliphatic carbocycles. The van der Waals surface area contributed by atoms with E-state index in [9.17, 15) is 9.59 Å². The van der Waals surface area contributed by atoms with Gasteiger partial charge >= 0.3 is 0 Å². The van der Waals surface area contributed by atoms with E-state index >= 15 is 0 Å². The Kier molecular flexibility index (Phi) is 6.32. The Labute approximate surface area is 179 Å². The Bertz CT molecular complexity index is 1230. The molecule has 0 saturated heterocycles. The van der Waals surface area contributed by atoms with Gasteiger partial charge in [0.05, 0.1) is 12.3 Å². The van der Waals surface area contributed by atoms with Crippen LogP contribution < -0.4 is 15.6 Å². The number of nitrogens with zero attached hydrogens (tertiary/aromatic N) is 3. The molecule has 4 aromatic rings. The smallest absolute Gasteiger partial charge is 0.267 e. The van der Waals surface area contributed by atoms with Gasteiger partial charge in [-0.1, -0.05) is 48.5 Å². The number of hydrogen-bond donors (Lipinski definition) is 1. The molecule has 31 heavy (non-hydrogen) atoms. The van der Waals surface area contributed by atoms with Gasteiger partial charge in [0.15, 0.2) is 0 Å². The topological polar surface area (TPSA) is 86.1 Å². The van der Waals surface area contributed by atoms with Crippen molar-refractivity contribution in [1.82, 2.24) is 20.1 Å². The van der Waals surface area contributed by atoms with Crippen molar-refractivity contribution in [3.8, 4) is 17.0 Å². The van der Waals surface area contributed by atoms with E-state index in [-0.39, 0.29) is 18.0 Å². The van der Waals surface area contributed by atoms with E-state index in [0.717, 1.165) is 22.2 Å². The number of ether oxygens (including phenoxy) is 1. The number of rotatable bonds is 8. The fraction of sp³-hybridized carbons (Fsp3) is 0.167. The molecule has 156 valence electrons. The second-order valence-corrected chi connectivity index (χ2v) is 6.96. The first-order valence-corrected chi connectivity index (χ1v) is 10.1. The summed E-state index contributed by atoms with van der Waals surface area (Å²) >= 11 is 0. The standard InChI is InChI=1S/C24H22N4O3/c29-22(17-28-23(30)13-12-20(27-28)18-7-2-1-3-8-18)25-15-6-16-31-21-11-4-9-19-10-5-14-26-24(19)21/h1-5,7-14H,6,15-17H2,(H,25,29). The van der Waals surface area contributed by atoms with E-state index in [1.807, 2.05) is 60.7 Å². The quantitative estimate of drug-likeness (QED) is 0.448. The molecule has 2 heterocycles. The lowest BCUT2D eigenvalue weighted by Gasteiger charge is -2.10. The van der Waals surface area contributed by atoms with Crippen LogP contribution in [0.4, 0.5) is 0 Å². The fourth-order valence-electron chi connectivity index (χ4n) is 3.19. The Morgan fingerprint density at radius 3 is 2.68 bits per heavy atom. The summed E-state index contributed by atoms with van der Waals surface area (Å²) in [6.07, 6.45) is 2.36. The number of pyridine rings is 1. The third-order valence-corrected chi connectivity index (χ3v) is 4.73. The number of hydrogen-bond acceptors (Lipinski definition) is 5. The number of aromatic nitrogens is 3. The predicted octanol–water partition coefficient (Wildman–Crippen LogP) is 3.04. The summed E-state index contributed by atoms with van der Waals surface area (Å²) in [6, 6.07) is 22.3. The minimum absolute atomic E-state index is 0.131. The molecule has 0 atom stereocenters. The second-order valence-electron chi connectivity index (χ2n) is 6.96. The van der Waals surface area contributed by atoms with Crippen molar-refractivity contribution in [2.45, 2.75) is 13.0 Å². The van der Waals surface area contributed by atoms with Gasteiger partial charge < -0.3 is 10.1 Å². The molecular formula is C24H22N4O3. The highest BCUT2D eigenvalue weighted by Crippen LogP contribution is 2.22. The van der Waals surface area contributed by atoms with Crippen molar-refractivity contribution in [1.29, 1.82) is 0 Å². The second kappa shape index (κ2) is 9.67. The lowest BCUT2D eigenvalue weighted by atomic mass is 10.1. The van der Waals surface area contributed by atoms with Gasteiger partial charge in [0.1, 0.15) is 17.8 Å². The highest BCUT2D eigenvalue weighted by molar-refractivity contribution is 5.84. The van der Waals surface area contributed by atoms with Crippen LogP contribution in [0.1, 0.15) is 6.42 Å². The van der Waals surface area contributed by atoms with Crippen molar-refractivity contribution in [3.05, 3.63) is 89.3 Å². The summed E-state index contributed by atoms with van der Waals surface area (Å²) in [7, 11) is 0. The van der Waals surface area contributed by atoms with Crippen LogP contribution in [0.2, 0.25) is 0 Å². The van der Waals surface area contributed by atoms with Gasteiger partial charge in [0.25, 0.3) is 5.56 Å². The van der Waals surface area contributed by atoms with Crippen molar-refractivity contribution in [2.75, 3.05) is 13.2 Å². The van der Waals surface area contributed by atoms with E-state index in [4.69, 9.17) is 4.74 Å². The van der Waals surface area contributed by atoms with E-state index in [1.54, 1.807) is 12.3 Å². The first kappa shape index (κ1) is 20.3. The van der Waals surface area contributed by atoms with E-state index in [1.165, 1.54) is 10.7 Å². The summed E-state index contributed by atoms with van der Waals surface area (Å²) in [6.45, 7) is 0.745. The molecule has 2 aromatic heterocycles. The molecule has 1 amide bonds. The Morgan fingerprint density at radius 2 is 1.81 bits per heavy atom. The maximum absolute atomic E-state index is 12.3. The first-order valence-electron chi connectivity index (χ1n) is 10.1. The zero-order valence-electron chi connectivity index (χ0n) is 16.9. The van der Waals surface area contributed by atoms with Crippen molar-refractivity contribution in [2.24, 2.45) is 0 Å². The fourth-order valence-corrected chi connectivity index (χ4v) is 3.19. The average molecular weight is 414 g/mol. The third-order valence-electron chi connectivity index (χ3n) is 4.73. The summed E-state index contributed by atoms with van der Waals surface area (Å²) in [5.41, 5.74) is 2.03. The molecule has 0 bridgehead atoms. The van der Waals surface area contributed by atoms with Crippen LogP contribution in [0.15, 0.2) is 83.8 Å². The van der Waals surface area contributed by atoms with Crippen LogP contribution in [-0.2, 0) is 11.3 Å². The lowest BCUT2D eigenvalue weighted by Crippen LogP contribution is -2.34. The minimum atomic E-state index is -0.318. The highest BCUT2D eigenvalue weighted by Gasteiger charge is 2.08. The largest absolute Gasteiger partial charge is 0.491 e. The lowest BCUT2D eigenvalue weighted by molar-refractivity contribution is -0.121. The molecule has 4 rings (SSSR count). The van der Waals surface area contributed by atoms with Crippen LogP contribution in [0.5, 0.6) is 5.75 Å². The molecule has 7 nitrogen and oxygen atoms in total. The van der Waals surface area contributed by atoms with Crippen LogP contribution in [0.25, 0.3) is 22.2 Å². The van der Waals surface area contributed by atoms with Gasteiger partial charge in [-0.15, -0.1) is 0 Å². The Hall–Kier alpha value is -4.00. The number of nitrogens with one attached hydrogen (secondary N) is 1. The molecule has 0 unspecified atom stereocenters. The maximum Gasteiger partial charge on any atom is 0.267 e. The summed E-state index contributed by atoms with van der Waals surface area (Å²) in [5, 5.41) is 8.13. The van der Waals surface area contributed by atoms with Gasteiger partial charge in [0.2, 0.25) is 5.91 Å². The van der Waals surface area contributed by atoms with Crippen LogP contribution in [0, 0.1) is 0 Å². The van der Waals surface area contributed by atoms with Gasteiger partial charge in [-0.2, -0.15) is 5.10 Å². The van der Waals surface area contributed by atoms with Gasteiger partial charge in [-0.25, -0.2) is 4.68 Å². The number of carbonyl (C=O) groups is 1. The first-order chi connectivity index (χ1) is 15.2. The molecule has 1 N–H and O–H groups in total. The molecule has 2 aromatic carbocycles. The number of para-hydroxylation sites is 1. The molecular weight excluding hydrogens is 392 g/mol. The summed E-state index contributed by atoms with van der Waals surface area (Å²) in [4.78, 5) is 28.7. The minimum Gasteiger partial charge on any atom is -0.491 e. The van der Waals surface area contributed by atoms with Gasteiger partial charge in [-0.3, -0.25) is 14.6 Å². The zero-order valence-corrected chi connectivity index (χ0v) is 16.9. The van der Waals surface area contributed by atoms with Crippen LogP contribution in [-0.4, -0.2) is 33.8 Å². The van der Waals surface area contributed by atoms with Crippen LogP contribution in [0.3, 0.4) is 0 Å². The number of fused-ring (bicyclic) bond motifs is 1. The van der Waals surface area contributed by atoms with Gasteiger partial charge in [0, 0.05) is 29.8 Å². The van der Waals surface area contributed by atoms with Crippen LogP contribution >= 0.6 is 0 Å². The number of benzene rings is 2. The number of amides is 1. The van der Waals surface area contributed by atoms with E-state index < -0.39 is 0 Å². The molecule has 0 fully saturated rings. The van der Waals surface area contributed by atoms with E-state index in [2.05, 4.69) is 15.4 Å².